The number of carbonyl (C=O) groups excluding carboxylic acids is 1. The molecule has 1 aliphatic carbocycles. The molecule has 0 amide bonds. The van der Waals surface area contributed by atoms with E-state index in [1.807, 2.05) is 12.1 Å². The molecule has 3 nitrogen and oxygen atoms in total. The van der Waals surface area contributed by atoms with Crippen molar-refractivity contribution < 1.29 is 9.53 Å². The number of carbonyl (C=O) groups is 1. The van der Waals surface area contributed by atoms with Crippen LogP contribution in [0.4, 0.5) is 0 Å². The quantitative estimate of drug-likeness (QED) is 0.821. The Labute approximate surface area is 106 Å². The minimum absolute atomic E-state index is 0.0399. The summed E-state index contributed by atoms with van der Waals surface area (Å²) in [6, 6.07) is 7.24. The maximum absolute atomic E-state index is 11.5. The molecule has 0 heterocycles. The maximum Gasteiger partial charge on any atom is 0.307 e. The smallest absolute Gasteiger partial charge is 0.307 e. The lowest BCUT2D eigenvalue weighted by molar-refractivity contribution is -0.145. The van der Waals surface area contributed by atoms with Crippen LogP contribution in [0.25, 0.3) is 0 Å². The normalized spacial score (nSPS) is 16.6. The van der Waals surface area contributed by atoms with Crippen molar-refractivity contribution >= 4 is 17.6 Å². The predicted molar refractivity (Wildman–Crippen MR) is 66.6 cm³/mol. The molecule has 0 saturated heterocycles. The largest absolute Gasteiger partial charge is 0.461 e. The SMILES string of the molecule is NC(CC(=O)OCc1cccc(Cl)c1)C1CC1. The fourth-order valence-electron chi connectivity index (χ4n) is 1.73. The Balaban J connectivity index is 1.75. The summed E-state index contributed by atoms with van der Waals surface area (Å²) in [7, 11) is 0. The van der Waals surface area contributed by atoms with Crippen LogP contribution in [0.5, 0.6) is 0 Å². The lowest BCUT2D eigenvalue weighted by atomic mass is 10.1. The Morgan fingerprint density at radius 1 is 1.53 bits per heavy atom. The first kappa shape index (κ1) is 12.4. The molecule has 0 spiro atoms. The lowest BCUT2D eigenvalue weighted by Gasteiger charge is -2.10. The van der Waals surface area contributed by atoms with Crippen molar-refractivity contribution in [3.05, 3.63) is 34.9 Å². The van der Waals surface area contributed by atoms with E-state index in [0.29, 0.717) is 17.4 Å². The summed E-state index contributed by atoms with van der Waals surface area (Å²) < 4.78 is 5.15. The van der Waals surface area contributed by atoms with E-state index in [1.54, 1.807) is 12.1 Å². The highest BCUT2D eigenvalue weighted by molar-refractivity contribution is 6.30. The van der Waals surface area contributed by atoms with Gasteiger partial charge in [-0.1, -0.05) is 23.7 Å². The van der Waals surface area contributed by atoms with Gasteiger partial charge in [-0.25, -0.2) is 0 Å². The third kappa shape index (κ3) is 4.02. The van der Waals surface area contributed by atoms with E-state index in [-0.39, 0.29) is 18.6 Å². The number of esters is 1. The van der Waals surface area contributed by atoms with Gasteiger partial charge in [-0.05, 0) is 36.5 Å². The number of nitrogens with two attached hydrogens (primary N) is 1. The monoisotopic (exact) mass is 253 g/mol. The second kappa shape index (κ2) is 5.52. The van der Waals surface area contributed by atoms with Gasteiger partial charge in [0.1, 0.15) is 6.61 Å². The van der Waals surface area contributed by atoms with Crippen LogP contribution < -0.4 is 5.73 Å². The van der Waals surface area contributed by atoms with Gasteiger partial charge in [-0.2, -0.15) is 0 Å². The first-order valence-corrected chi connectivity index (χ1v) is 6.18. The first-order chi connectivity index (χ1) is 8.15. The summed E-state index contributed by atoms with van der Waals surface area (Å²) in [6.45, 7) is 0.261. The molecule has 17 heavy (non-hydrogen) atoms. The molecule has 0 aromatic heterocycles. The second-order valence-electron chi connectivity index (χ2n) is 4.50. The fourth-order valence-corrected chi connectivity index (χ4v) is 1.95. The Hall–Kier alpha value is -1.06. The Morgan fingerprint density at radius 3 is 2.94 bits per heavy atom. The van der Waals surface area contributed by atoms with Crippen LogP contribution >= 0.6 is 11.6 Å². The molecule has 0 aliphatic heterocycles. The molecule has 1 aromatic rings. The third-order valence-electron chi connectivity index (χ3n) is 2.92. The molecule has 1 aliphatic rings. The molecule has 1 fully saturated rings. The van der Waals surface area contributed by atoms with Gasteiger partial charge in [-0.15, -0.1) is 0 Å². The molecule has 0 bridgehead atoms. The Kier molecular flexibility index (Phi) is 4.02. The van der Waals surface area contributed by atoms with Gasteiger partial charge in [0.15, 0.2) is 0 Å². The minimum Gasteiger partial charge on any atom is -0.461 e. The average Bonchev–Trinajstić information content (AvgIpc) is 3.10. The van der Waals surface area contributed by atoms with Crippen molar-refractivity contribution in [3.8, 4) is 0 Å². The highest BCUT2D eigenvalue weighted by atomic mass is 35.5. The molecule has 0 radical (unpaired) electrons. The van der Waals surface area contributed by atoms with Crippen molar-refractivity contribution in [1.82, 2.24) is 0 Å². The lowest BCUT2D eigenvalue weighted by Crippen LogP contribution is -2.26. The Bertz CT molecular complexity index is 404. The fraction of sp³-hybridized carbons (Fsp3) is 0.462. The number of hydrogen-bond donors (Lipinski definition) is 1. The zero-order chi connectivity index (χ0) is 12.3. The summed E-state index contributed by atoms with van der Waals surface area (Å²) in [6.07, 6.45) is 2.59. The molecule has 1 atom stereocenters. The van der Waals surface area contributed by atoms with Crippen LogP contribution in [0, 0.1) is 5.92 Å². The first-order valence-electron chi connectivity index (χ1n) is 5.81. The van der Waals surface area contributed by atoms with Gasteiger partial charge in [0, 0.05) is 11.1 Å². The van der Waals surface area contributed by atoms with Gasteiger partial charge in [0.2, 0.25) is 0 Å². The van der Waals surface area contributed by atoms with Crippen molar-refractivity contribution in [2.24, 2.45) is 11.7 Å². The van der Waals surface area contributed by atoms with Crippen molar-refractivity contribution in [1.29, 1.82) is 0 Å². The molecular formula is C13H16ClNO2. The molecule has 92 valence electrons. The van der Waals surface area contributed by atoms with Gasteiger partial charge in [-0.3, -0.25) is 4.79 Å². The van der Waals surface area contributed by atoms with E-state index in [4.69, 9.17) is 22.1 Å². The summed E-state index contributed by atoms with van der Waals surface area (Å²) in [5, 5.41) is 0.647. The highest BCUT2D eigenvalue weighted by Gasteiger charge is 2.30. The van der Waals surface area contributed by atoms with Gasteiger partial charge >= 0.3 is 5.97 Å². The highest BCUT2D eigenvalue weighted by Crippen LogP contribution is 2.32. The molecular weight excluding hydrogens is 238 g/mol. The predicted octanol–water partition coefficient (Wildman–Crippen LogP) is 2.51. The van der Waals surface area contributed by atoms with E-state index in [1.165, 1.54) is 0 Å². The van der Waals surface area contributed by atoms with E-state index < -0.39 is 0 Å². The number of hydrogen-bond acceptors (Lipinski definition) is 3. The van der Waals surface area contributed by atoms with Crippen molar-refractivity contribution in [3.63, 3.8) is 0 Å². The van der Waals surface area contributed by atoms with E-state index >= 15 is 0 Å². The van der Waals surface area contributed by atoms with Crippen LogP contribution in [0.2, 0.25) is 5.02 Å². The maximum atomic E-state index is 11.5. The summed E-state index contributed by atoms with van der Waals surface area (Å²) >= 11 is 5.83. The number of benzene rings is 1. The zero-order valence-corrected chi connectivity index (χ0v) is 10.3. The topological polar surface area (TPSA) is 52.3 Å². The van der Waals surface area contributed by atoms with E-state index in [2.05, 4.69) is 0 Å². The van der Waals surface area contributed by atoms with Crippen LogP contribution in [0.15, 0.2) is 24.3 Å². The Morgan fingerprint density at radius 2 is 2.29 bits per heavy atom. The van der Waals surface area contributed by atoms with Gasteiger partial charge < -0.3 is 10.5 Å². The van der Waals surface area contributed by atoms with Gasteiger partial charge in [0.25, 0.3) is 0 Å². The van der Waals surface area contributed by atoms with E-state index in [9.17, 15) is 4.79 Å². The molecule has 1 unspecified atom stereocenters. The second-order valence-corrected chi connectivity index (χ2v) is 4.93. The van der Waals surface area contributed by atoms with E-state index in [0.717, 1.165) is 18.4 Å². The molecule has 1 saturated carbocycles. The minimum atomic E-state index is -0.232. The standard InChI is InChI=1S/C13H16ClNO2/c14-11-3-1-2-9(6-11)8-17-13(16)7-12(15)10-4-5-10/h1-3,6,10,12H,4-5,7-8,15H2. The van der Waals surface area contributed by atoms with Crippen LogP contribution in [-0.4, -0.2) is 12.0 Å². The summed E-state index contributed by atoms with van der Waals surface area (Å²) in [5.74, 6) is 0.290. The molecule has 4 heteroatoms. The van der Waals surface area contributed by atoms with Crippen molar-refractivity contribution in [2.75, 3.05) is 0 Å². The van der Waals surface area contributed by atoms with Crippen molar-refractivity contribution in [2.45, 2.75) is 31.9 Å². The third-order valence-corrected chi connectivity index (χ3v) is 3.15. The number of halogens is 1. The summed E-state index contributed by atoms with van der Waals surface area (Å²) in [5.41, 5.74) is 6.75. The van der Waals surface area contributed by atoms with Crippen LogP contribution in [-0.2, 0) is 16.1 Å². The van der Waals surface area contributed by atoms with Gasteiger partial charge in [0.05, 0.1) is 6.42 Å². The number of ether oxygens (including phenoxy) is 1. The summed E-state index contributed by atoms with van der Waals surface area (Å²) in [4.78, 5) is 11.5. The molecule has 2 N–H and O–H groups in total. The molecule has 1 aromatic carbocycles. The van der Waals surface area contributed by atoms with Crippen LogP contribution in [0.3, 0.4) is 0 Å². The molecule has 2 rings (SSSR count). The average molecular weight is 254 g/mol. The number of rotatable bonds is 5. The van der Waals surface area contributed by atoms with Crippen LogP contribution in [0.1, 0.15) is 24.8 Å². The zero-order valence-electron chi connectivity index (χ0n) is 9.56.